The zero-order valence-corrected chi connectivity index (χ0v) is 13.9. The molecule has 1 atom stereocenters. The molecule has 0 saturated carbocycles. The predicted octanol–water partition coefficient (Wildman–Crippen LogP) is 1.74. The van der Waals surface area contributed by atoms with Crippen LogP contribution in [0.5, 0.6) is 0 Å². The smallest absolute Gasteiger partial charge is 0.322 e. The van der Waals surface area contributed by atoms with E-state index in [4.69, 9.17) is 4.52 Å². The number of carboxylic acids is 1. The summed E-state index contributed by atoms with van der Waals surface area (Å²) in [6, 6.07) is 0.643. The van der Waals surface area contributed by atoms with E-state index in [1.54, 1.807) is 6.07 Å². The summed E-state index contributed by atoms with van der Waals surface area (Å²) in [6.07, 6.45) is 1.75. The summed E-state index contributed by atoms with van der Waals surface area (Å²) in [4.78, 5) is 11.3. The third kappa shape index (κ3) is 3.67. The van der Waals surface area contributed by atoms with Crippen molar-refractivity contribution in [3.63, 3.8) is 0 Å². The fraction of sp³-hybridized carbons (Fsp3) is 0.714. The number of sulfonamides is 1. The number of hydrogen-bond donors (Lipinski definition) is 1. The number of aliphatic carboxylic acids is 1. The van der Waals surface area contributed by atoms with Crippen molar-refractivity contribution in [1.82, 2.24) is 9.46 Å². The highest BCUT2D eigenvalue weighted by Gasteiger charge is 2.37. The van der Waals surface area contributed by atoms with Crippen LogP contribution in [0.3, 0.4) is 0 Å². The number of hydrogen-bond acceptors (Lipinski definition) is 5. The highest BCUT2D eigenvalue weighted by Crippen LogP contribution is 2.26. The van der Waals surface area contributed by atoms with Crippen molar-refractivity contribution in [2.24, 2.45) is 0 Å². The van der Waals surface area contributed by atoms with Crippen LogP contribution in [-0.2, 0) is 26.0 Å². The third-order valence-electron chi connectivity index (χ3n) is 3.72. The lowest BCUT2D eigenvalue weighted by molar-refractivity contribution is -0.142. The molecule has 0 aromatic carbocycles. The number of carboxylic acid groups (broad SMARTS) is 1. The largest absolute Gasteiger partial charge is 0.480 e. The molecule has 0 spiro atoms. The van der Waals surface area contributed by atoms with E-state index in [1.807, 2.05) is 20.8 Å². The van der Waals surface area contributed by atoms with Crippen molar-refractivity contribution in [3.05, 3.63) is 17.5 Å². The maximum atomic E-state index is 12.5. The third-order valence-corrected chi connectivity index (χ3v) is 5.54. The molecule has 2 rings (SSSR count). The highest BCUT2D eigenvalue weighted by molar-refractivity contribution is 7.88. The Bertz CT molecular complexity index is 644. The van der Waals surface area contributed by atoms with Crippen molar-refractivity contribution in [3.8, 4) is 0 Å². The summed E-state index contributed by atoms with van der Waals surface area (Å²) in [5, 5.41) is 13.0. The topological polar surface area (TPSA) is 101 Å². The van der Waals surface area contributed by atoms with Gasteiger partial charge in [0.25, 0.3) is 0 Å². The quantitative estimate of drug-likeness (QED) is 0.902. The molecule has 0 bridgehead atoms. The molecule has 1 unspecified atom stereocenters. The van der Waals surface area contributed by atoms with E-state index >= 15 is 0 Å². The van der Waals surface area contributed by atoms with Crippen LogP contribution in [0.4, 0.5) is 0 Å². The number of carbonyl (C=O) groups is 1. The van der Waals surface area contributed by atoms with Crippen LogP contribution in [0, 0.1) is 0 Å². The number of nitrogens with zero attached hydrogens (tertiary/aromatic N) is 2. The zero-order valence-electron chi connectivity index (χ0n) is 13.1. The molecular formula is C14H22N2O5S. The molecule has 1 aromatic rings. The van der Waals surface area contributed by atoms with Gasteiger partial charge >= 0.3 is 5.97 Å². The van der Waals surface area contributed by atoms with Gasteiger partial charge in [-0.05, 0) is 19.3 Å². The summed E-state index contributed by atoms with van der Waals surface area (Å²) in [7, 11) is -3.73. The molecule has 1 saturated heterocycles. The Kier molecular flexibility index (Phi) is 4.62. The molecular weight excluding hydrogens is 308 g/mol. The highest BCUT2D eigenvalue weighted by atomic mass is 32.2. The first-order valence-electron chi connectivity index (χ1n) is 7.29. The second kappa shape index (κ2) is 6.00. The maximum absolute atomic E-state index is 12.5. The molecule has 1 fully saturated rings. The summed E-state index contributed by atoms with van der Waals surface area (Å²) in [5.74, 6) is -0.832. The molecule has 2 heterocycles. The van der Waals surface area contributed by atoms with E-state index in [9.17, 15) is 18.3 Å². The lowest BCUT2D eigenvalue weighted by Crippen LogP contribution is -2.48. The van der Waals surface area contributed by atoms with Gasteiger partial charge < -0.3 is 9.63 Å². The molecule has 0 radical (unpaired) electrons. The van der Waals surface area contributed by atoms with Crippen LogP contribution < -0.4 is 0 Å². The van der Waals surface area contributed by atoms with Crippen LogP contribution in [0.2, 0.25) is 0 Å². The first-order chi connectivity index (χ1) is 10.1. The molecule has 0 aliphatic carbocycles. The fourth-order valence-electron chi connectivity index (χ4n) is 2.49. The Balaban J connectivity index is 2.19. The Labute approximate surface area is 130 Å². The Hall–Kier alpha value is -1.41. The second-order valence-corrected chi connectivity index (χ2v) is 8.57. The van der Waals surface area contributed by atoms with E-state index in [0.29, 0.717) is 24.3 Å². The summed E-state index contributed by atoms with van der Waals surface area (Å²) >= 11 is 0. The van der Waals surface area contributed by atoms with Gasteiger partial charge in [0.2, 0.25) is 10.0 Å². The summed E-state index contributed by atoms with van der Waals surface area (Å²) in [6.45, 7) is 6.06. The monoisotopic (exact) mass is 330 g/mol. The molecule has 8 heteroatoms. The maximum Gasteiger partial charge on any atom is 0.322 e. The van der Waals surface area contributed by atoms with Gasteiger partial charge in [-0.3, -0.25) is 4.79 Å². The van der Waals surface area contributed by atoms with Crippen molar-refractivity contribution in [2.75, 3.05) is 6.54 Å². The van der Waals surface area contributed by atoms with Gasteiger partial charge in [-0.25, -0.2) is 8.42 Å². The van der Waals surface area contributed by atoms with E-state index in [1.165, 1.54) is 0 Å². The SMILES string of the molecule is CC(C)(C)c1cc(CS(=O)(=O)N2CCCCC2C(=O)O)no1. The van der Waals surface area contributed by atoms with Gasteiger partial charge in [0.15, 0.2) is 0 Å². The van der Waals surface area contributed by atoms with Crippen molar-refractivity contribution < 1.29 is 22.8 Å². The number of aromatic nitrogens is 1. The molecule has 1 aliphatic rings. The number of piperidine rings is 1. The molecule has 1 N–H and O–H groups in total. The first-order valence-corrected chi connectivity index (χ1v) is 8.90. The summed E-state index contributed by atoms with van der Waals surface area (Å²) < 4.78 is 31.3. The van der Waals surface area contributed by atoms with Gasteiger partial charge in [-0.1, -0.05) is 25.9 Å². The lowest BCUT2D eigenvalue weighted by Gasteiger charge is -2.31. The van der Waals surface area contributed by atoms with Gasteiger partial charge in [-0.2, -0.15) is 4.31 Å². The van der Waals surface area contributed by atoms with Crippen molar-refractivity contribution in [1.29, 1.82) is 0 Å². The van der Waals surface area contributed by atoms with Crippen LogP contribution in [0.1, 0.15) is 51.5 Å². The molecule has 22 heavy (non-hydrogen) atoms. The average Bonchev–Trinajstić information content (AvgIpc) is 2.86. The van der Waals surface area contributed by atoms with Gasteiger partial charge in [0.05, 0.1) is 0 Å². The van der Waals surface area contributed by atoms with Crippen LogP contribution in [0.15, 0.2) is 10.6 Å². The van der Waals surface area contributed by atoms with E-state index < -0.39 is 22.0 Å². The van der Waals surface area contributed by atoms with Gasteiger partial charge in [-0.15, -0.1) is 0 Å². The average molecular weight is 330 g/mol. The first kappa shape index (κ1) is 17.0. The summed E-state index contributed by atoms with van der Waals surface area (Å²) in [5.41, 5.74) is 0.0450. The molecule has 1 aliphatic heterocycles. The van der Waals surface area contributed by atoms with Crippen LogP contribution >= 0.6 is 0 Å². The molecule has 7 nitrogen and oxygen atoms in total. The zero-order chi connectivity index (χ0) is 16.5. The predicted molar refractivity (Wildman–Crippen MR) is 79.8 cm³/mol. The molecule has 124 valence electrons. The normalized spacial score (nSPS) is 21.0. The Morgan fingerprint density at radius 1 is 1.45 bits per heavy atom. The second-order valence-electron chi connectivity index (χ2n) is 6.65. The van der Waals surface area contributed by atoms with Gasteiger partial charge in [0, 0.05) is 18.0 Å². The van der Waals surface area contributed by atoms with Gasteiger partial charge in [0.1, 0.15) is 23.2 Å². The Morgan fingerprint density at radius 3 is 2.68 bits per heavy atom. The van der Waals surface area contributed by atoms with E-state index in [0.717, 1.165) is 10.7 Å². The van der Waals surface area contributed by atoms with E-state index in [2.05, 4.69) is 5.16 Å². The minimum absolute atomic E-state index is 0.239. The van der Waals surface area contributed by atoms with Crippen LogP contribution in [0.25, 0.3) is 0 Å². The number of rotatable bonds is 4. The molecule has 1 aromatic heterocycles. The van der Waals surface area contributed by atoms with Crippen molar-refractivity contribution >= 4 is 16.0 Å². The Morgan fingerprint density at radius 2 is 2.14 bits per heavy atom. The van der Waals surface area contributed by atoms with E-state index in [-0.39, 0.29) is 17.7 Å². The minimum Gasteiger partial charge on any atom is -0.480 e. The standard InChI is InChI=1S/C14H22N2O5S/c1-14(2,3)12-8-10(15-21-12)9-22(19,20)16-7-5-4-6-11(16)13(17)18/h8,11H,4-7,9H2,1-3H3,(H,17,18). The van der Waals surface area contributed by atoms with Crippen LogP contribution in [-0.4, -0.2) is 41.5 Å². The minimum atomic E-state index is -3.73. The van der Waals surface area contributed by atoms with Crippen molar-refractivity contribution in [2.45, 2.75) is 57.2 Å². The fourth-order valence-corrected chi connectivity index (χ4v) is 4.15. The lowest BCUT2D eigenvalue weighted by atomic mass is 9.93. The molecule has 0 amide bonds.